The Morgan fingerprint density at radius 3 is 2.26 bits per heavy atom. The molecular formula is C20H22F3N5O3. The average Bonchev–Trinajstić information content (AvgIpc) is 2.72. The Bertz CT molecular complexity index is 930. The zero-order chi connectivity index (χ0) is 22.9. The first-order chi connectivity index (χ1) is 14.7. The Morgan fingerprint density at radius 1 is 1.00 bits per heavy atom. The molecule has 31 heavy (non-hydrogen) atoms. The van der Waals surface area contributed by atoms with Crippen LogP contribution >= 0.6 is 0 Å². The van der Waals surface area contributed by atoms with Crippen molar-refractivity contribution >= 4 is 17.8 Å². The van der Waals surface area contributed by atoms with Crippen LogP contribution in [-0.4, -0.2) is 37.7 Å². The molecule has 0 atom stereocenters. The van der Waals surface area contributed by atoms with Crippen molar-refractivity contribution < 1.29 is 27.5 Å². The van der Waals surface area contributed by atoms with Crippen LogP contribution in [0.2, 0.25) is 0 Å². The summed E-state index contributed by atoms with van der Waals surface area (Å²) in [5, 5.41) is 8.34. The molecule has 0 aliphatic carbocycles. The number of nitrogens with zero attached hydrogens (tertiary/aromatic N) is 1. The molecule has 0 heterocycles. The number of halogens is 3. The summed E-state index contributed by atoms with van der Waals surface area (Å²) in [7, 11) is 1.53. The predicted molar refractivity (Wildman–Crippen MR) is 108 cm³/mol. The predicted octanol–water partition coefficient (Wildman–Crippen LogP) is 1.67. The first-order valence-corrected chi connectivity index (χ1v) is 9.11. The highest BCUT2D eigenvalue weighted by Gasteiger charge is 2.31. The van der Waals surface area contributed by atoms with E-state index in [4.69, 9.17) is 5.73 Å². The minimum absolute atomic E-state index is 0.0604. The number of nitrogens with two attached hydrogens (primary N) is 1. The van der Waals surface area contributed by atoms with Gasteiger partial charge in [0, 0.05) is 31.3 Å². The summed E-state index contributed by atoms with van der Waals surface area (Å²) in [6.45, 7) is 0.162. The number of rotatable bonds is 8. The van der Waals surface area contributed by atoms with E-state index < -0.39 is 18.2 Å². The number of benzene rings is 2. The maximum absolute atomic E-state index is 12.5. The van der Waals surface area contributed by atoms with Crippen molar-refractivity contribution in [2.45, 2.75) is 19.5 Å². The smallest absolute Gasteiger partial charge is 0.405 e. The number of ether oxygens (including phenoxy) is 1. The van der Waals surface area contributed by atoms with Crippen LogP contribution in [0.15, 0.2) is 53.5 Å². The molecule has 5 N–H and O–H groups in total. The molecule has 0 aromatic heterocycles. The number of amides is 2. The Hall–Kier alpha value is -3.76. The van der Waals surface area contributed by atoms with Crippen LogP contribution in [0.4, 0.5) is 13.2 Å². The highest BCUT2D eigenvalue weighted by Crippen LogP contribution is 2.26. The van der Waals surface area contributed by atoms with Crippen molar-refractivity contribution in [3.05, 3.63) is 65.2 Å². The molecular weight excluding hydrogens is 415 g/mol. The number of nitrogens with one attached hydrogen (secondary N) is 3. The van der Waals surface area contributed by atoms with E-state index in [0.29, 0.717) is 23.6 Å². The highest BCUT2D eigenvalue weighted by molar-refractivity contribution is 5.96. The SMILES string of the molecule is CN=C(NCc1ccc(C(=O)NCC(N)=O)cc1)NCc1ccccc1OC(F)(F)F. The molecule has 0 saturated heterocycles. The minimum atomic E-state index is -4.78. The summed E-state index contributed by atoms with van der Waals surface area (Å²) in [5.74, 6) is -0.982. The molecule has 2 rings (SSSR count). The topological polar surface area (TPSA) is 118 Å². The molecule has 0 aliphatic heterocycles. The van der Waals surface area contributed by atoms with E-state index in [0.717, 1.165) is 5.56 Å². The molecule has 2 amide bonds. The normalized spacial score (nSPS) is 11.5. The third kappa shape index (κ3) is 8.25. The van der Waals surface area contributed by atoms with Crippen LogP contribution in [0.3, 0.4) is 0 Å². The summed E-state index contributed by atoms with van der Waals surface area (Å²) < 4.78 is 41.6. The standard InChI is InChI=1S/C20H22F3N5O3/c1-25-19(28-11-15-4-2-3-5-16(15)31-20(21,22)23)27-10-13-6-8-14(9-7-13)18(30)26-12-17(24)29/h2-9H,10-12H2,1H3,(H2,24,29)(H,26,30)(H2,25,27,28). The zero-order valence-corrected chi connectivity index (χ0v) is 16.6. The number of hydrogen-bond donors (Lipinski definition) is 4. The van der Waals surface area contributed by atoms with Gasteiger partial charge < -0.3 is 26.4 Å². The summed E-state index contributed by atoms with van der Waals surface area (Å²) >= 11 is 0. The molecule has 0 spiro atoms. The second kappa shape index (κ2) is 10.9. The van der Waals surface area contributed by atoms with Crippen molar-refractivity contribution in [2.75, 3.05) is 13.6 Å². The molecule has 2 aromatic carbocycles. The summed E-state index contributed by atoms with van der Waals surface area (Å²) in [6, 6.07) is 12.4. The zero-order valence-electron chi connectivity index (χ0n) is 16.6. The summed E-state index contributed by atoms with van der Waals surface area (Å²) in [5.41, 5.74) is 6.50. The molecule has 0 bridgehead atoms. The highest BCUT2D eigenvalue weighted by atomic mass is 19.4. The van der Waals surface area contributed by atoms with Gasteiger partial charge in [0.05, 0.1) is 6.54 Å². The van der Waals surface area contributed by atoms with Gasteiger partial charge in [-0.3, -0.25) is 14.6 Å². The minimum Gasteiger partial charge on any atom is -0.405 e. The summed E-state index contributed by atoms with van der Waals surface area (Å²) in [4.78, 5) is 26.6. The van der Waals surface area contributed by atoms with Gasteiger partial charge >= 0.3 is 6.36 Å². The van der Waals surface area contributed by atoms with E-state index in [1.807, 2.05) is 0 Å². The lowest BCUT2D eigenvalue weighted by Crippen LogP contribution is -2.36. The van der Waals surface area contributed by atoms with Gasteiger partial charge in [0.1, 0.15) is 5.75 Å². The Kier molecular flexibility index (Phi) is 8.24. The third-order valence-electron chi connectivity index (χ3n) is 3.97. The molecule has 0 saturated carbocycles. The second-order valence-electron chi connectivity index (χ2n) is 6.28. The number of carbonyl (C=O) groups is 2. The fraction of sp³-hybridized carbons (Fsp3) is 0.250. The number of primary amides is 1. The van der Waals surface area contributed by atoms with Gasteiger partial charge in [0.2, 0.25) is 5.91 Å². The Morgan fingerprint density at radius 2 is 1.65 bits per heavy atom. The molecule has 0 aliphatic rings. The van der Waals surface area contributed by atoms with Gasteiger partial charge in [-0.05, 0) is 23.8 Å². The van der Waals surface area contributed by atoms with E-state index in [1.165, 1.54) is 25.2 Å². The molecule has 0 unspecified atom stereocenters. The first kappa shape index (κ1) is 23.5. The molecule has 8 nitrogen and oxygen atoms in total. The van der Waals surface area contributed by atoms with Gasteiger partial charge in [-0.25, -0.2) is 0 Å². The van der Waals surface area contributed by atoms with Crippen molar-refractivity contribution in [1.29, 1.82) is 0 Å². The Balaban J connectivity index is 1.89. The van der Waals surface area contributed by atoms with E-state index in [9.17, 15) is 22.8 Å². The van der Waals surface area contributed by atoms with Crippen LogP contribution in [0.25, 0.3) is 0 Å². The molecule has 11 heteroatoms. The average molecular weight is 437 g/mol. The maximum atomic E-state index is 12.5. The van der Waals surface area contributed by atoms with E-state index in [-0.39, 0.29) is 18.8 Å². The largest absolute Gasteiger partial charge is 0.573 e. The number of guanidine groups is 1. The van der Waals surface area contributed by atoms with Crippen LogP contribution in [-0.2, 0) is 17.9 Å². The van der Waals surface area contributed by atoms with Crippen molar-refractivity contribution in [3.63, 3.8) is 0 Å². The van der Waals surface area contributed by atoms with Gasteiger partial charge in [0.25, 0.3) is 5.91 Å². The van der Waals surface area contributed by atoms with Crippen molar-refractivity contribution in [3.8, 4) is 5.75 Å². The number of hydrogen-bond acceptors (Lipinski definition) is 4. The molecule has 0 fully saturated rings. The van der Waals surface area contributed by atoms with E-state index >= 15 is 0 Å². The first-order valence-electron chi connectivity index (χ1n) is 9.11. The Labute approximate surface area is 176 Å². The van der Waals surface area contributed by atoms with Gasteiger partial charge in [0.15, 0.2) is 5.96 Å². The van der Waals surface area contributed by atoms with Gasteiger partial charge in [-0.2, -0.15) is 0 Å². The maximum Gasteiger partial charge on any atom is 0.573 e. The third-order valence-corrected chi connectivity index (χ3v) is 3.97. The van der Waals surface area contributed by atoms with Crippen LogP contribution < -0.4 is 26.4 Å². The van der Waals surface area contributed by atoms with E-state index in [2.05, 4.69) is 25.7 Å². The number of aliphatic imine (C=N–C) groups is 1. The lowest BCUT2D eigenvalue weighted by atomic mass is 10.1. The van der Waals surface area contributed by atoms with Crippen molar-refractivity contribution in [2.24, 2.45) is 10.7 Å². The van der Waals surface area contributed by atoms with Gasteiger partial charge in [-0.15, -0.1) is 13.2 Å². The van der Waals surface area contributed by atoms with Crippen molar-refractivity contribution in [1.82, 2.24) is 16.0 Å². The lowest BCUT2D eigenvalue weighted by molar-refractivity contribution is -0.274. The van der Waals surface area contributed by atoms with Crippen LogP contribution in [0.1, 0.15) is 21.5 Å². The monoisotopic (exact) mass is 437 g/mol. The van der Waals surface area contributed by atoms with E-state index in [1.54, 1.807) is 30.3 Å². The lowest BCUT2D eigenvalue weighted by Gasteiger charge is -2.15. The molecule has 0 radical (unpaired) electrons. The fourth-order valence-electron chi connectivity index (χ4n) is 2.50. The van der Waals surface area contributed by atoms with Crippen LogP contribution in [0, 0.1) is 0 Å². The molecule has 166 valence electrons. The van der Waals surface area contributed by atoms with Crippen LogP contribution in [0.5, 0.6) is 5.75 Å². The van der Waals surface area contributed by atoms with Gasteiger partial charge in [-0.1, -0.05) is 30.3 Å². The quantitative estimate of drug-likeness (QED) is 0.370. The summed E-state index contributed by atoms with van der Waals surface area (Å²) in [6.07, 6.45) is -4.78. The number of para-hydroxylation sites is 1. The number of alkyl halides is 3. The molecule has 2 aromatic rings. The number of carbonyl (C=O) groups excluding carboxylic acids is 2. The second-order valence-corrected chi connectivity index (χ2v) is 6.28. The fourth-order valence-corrected chi connectivity index (χ4v) is 2.50.